The van der Waals surface area contributed by atoms with Gasteiger partial charge in [-0.1, -0.05) is 18.2 Å². The van der Waals surface area contributed by atoms with Crippen LogP contribution >= 0.6 is 0 Å². The van der Waals surface area contributed by atoms with Gasteiger partial charge in [-0.05, 0) is 42.2 Å². The largest absolute Gasteiger partial charge is 0.536 e. The van der Waals surface area contributed by atoms with Crippen molar-refractivity contribution in [3.63, 3.8) is 0 Å². The van der Waals surface area contributed by atoms with Crippen molar-refractivity contribution in [3.8, 4) is 5.75 Å². The Morgan fingerprint density at radius 3 is 3.09 bits per heavy atom. The van der Waals surface area contributed by atoms with E-state index in [-0.39, 0.29) is 24.4 Å². The van der Waals surface area contributed by atoms with Gasteiger partial charge in [-0.3, -0.25) is 4.79 Å². The number of benzene rings is 1. The smallest absolute Gasteiger partial charge is 0.526 e. The molecule has 0 fully saturated rings. The van der Waals surface area contributed by atoms with Gasteiger partial charge < -0.3 is 15.4 Å². The minimum Gasteiger partial charge on any atom is -0.536 e. The fourth-order valence-corrected chi connectivity index (χ4v) is 3.01. The molecule has 118 valence electrons. The van der Waals surface area contributed by atoms with Gasteiger partial charge in [0.25, 0.3) is 0 Å². The average molecular weight is 310 g/mol. The first kappa shape index (κ1) is 15.6. The zero-order valence-electron chi connectivity index (χ0n) is 13.0. The Kier molecular flexibility index (Phi) is 4.34. The molecule has 0 bridgehead atoms. The molecule has 1 atom stereocenters. The molecule has 0 saturated carbocycles. The van der Waals surface area contributed by atoms with E-state index < -0.39 is 7.12 Å². The van der Waals surface area contributed by atoms with Gasteiger partial charge in [0, 0.05) is 24.9 Å². The lowest BCUT2D eigenvalue weighted by atomic mass is 9.64. The van der Waals surface area contributed by atoms with Gasteiger partial charge in [-0.25, -0.2) is 4.98 Å². The molecule has 3 rings (SSSR count). The number of nitrogen functional groups attached to an aromatic ring is 1. The van der Waals surface area contributed by atoms with E-state index in [9.17, 15) is 9.82 Å². The number of pyridine rings is 1. The Morgan fingerprint density at radius 1 is 1.48 bits per heavy atom. The van der Waals surface area contributed by atoms with Gasteiger partial charge in [0.05, 0.1) is 0 Å². The number of carbonyl (C=O) groups is 1. The maximum Gasteiger partial charge on any atom is 0.526 e. The summed E-state index contributed by atoms with van der Waals surface area (Å²) in [5, 5.41) is 10.2. The second-order valence-electron chi connectivity index (χ2n) is 6.04. The third-order valence-electron chi connectivity index (χ3n) is 4.15. The number of aromatic nitrogens is 1. The zero-order valence-corrected chi connectivity index (χ0v) is 13.0. The molecular formula is C17H19BN2O3. The number of carbonyl (C=O) groups excluding carboxylic acids is 1. The summed E-state index contributed by atoms with van der Waals surface area (Å²) in [6.45, 7) is 1.95. The second kappa shape index (κ2) is 6.42. The number of fused-ring (bicyclic) bond motifs is 1. The molecule has 6 heteroatoms. The molecule has 1 aliphatic heterocycles. The second-order valence-corrected chi connectivity index (χ2v) is 6.04. The third-order valence-corrected chi connectivity index (χ3v) is 4.15. The summed E-state index contributed by atoms with van der Waals surface area (Å²) in [5.74, 6) is 0.974. The van der Waals surface area contributed by atoms with Gasteiger partial charge in [-0.2, -0.15) is 0 Å². The summed E-state index contributed by atoms with van der Waals surface area (Å²) in [6.07, 6.45) is 2.80. The summed E-state index contributed by atoms with van der Waals surface area (Å²) < 4.78 is 5.62. The monoisotopic (exact) mass is 310 g/mol. The minimum atomic E-state index is -0.949. The number of anilines is 1. The van der Waals surface area contributed by atoms with Gasteiger partial charge in [0.15, 0.2) is 0 Å². The van der Waals surface area contributed by atoms with Gasteiger partial charge in [-0.15, -0.1) is 0 Å². The lowest BCUT2D eigenvalue weighted by Gasteiger charge is -2.28. The topological polar surface area (TPSA) is 85.4 Å². The van der Waals surface area contributed by atoms with Crippen LogP contribution in [-0.2, 0) is 17.6 Å². The van der Waals surface area contributed by atoms with Crippen molar-refractivity contribution in [2.45, 2.75) is 32.0 Å². The fraction of sp³-hybridized carbons (Fsp3) is 0.294. The normalized spacial score (nSPS) is 16.6. The highest BCUT2D eigenvalue weighted by molar-refractivity contribution is 6.46. The van der Waals surface area contributed by atoms with Crippen LogP contribution in [0, 0.1) is 6.92 Å². The predicted octanol–water partition coefficient (Wildman–Crippen LogP) is 1.96. The molecule has 0 unspecified atom stereocenters. The van der Waals surface area contributed by atoms with E-state index in [1.54, 1.807) is 18.3 Å². The van der Waals surface area contributed by atoms with Crippen LogP contribution in [0.2, 0.25) is 5.82 Å². The van der Waals surface area contributed by atoms with E-state index in [1.807, 2.05) is 25.1 Å². The average Bonchev–Trinajstić information content (AvgIpc) is 2.49. The highest BCUT2D eigenvalue weighted by Gasteiger charge is 2.36. The number of hydrogen-bond donors (Lipinski definition) is 2. The van der Waals surface area contributed by atoms with E-state index in [2.05, 4.69) is 4.98 Å². The number of nitrogens with zero attached hydrogens (tertiary/aromatic N) is 1. The highest BCUT2D eigenvalue weighted by Crippen LogP contribution is 2.35. The van der Waals surface area contributed by atoms with Gasteiger partial charge in [0.2, 0.25) is 0 Å². The quantitative estimate of drug-likeness (QED) is 0.843. The van der Waals surface area contributed by atoms with E-state index >= 15 is 0 Å². The summed E-state index contributed by atoms with van der Waals surface area (Å²) in [5.41, 5.74) is 8.50. The summed E-state index contributed by atoms with van der Waals surface area (Å²) >= 11 is 0. The Labute approximate surface area is 135 Å². The molecule has 23 heavy (non-hydrogen) atoms. The van der Waals surface area contributed by atoms with Gasteiger partial charge >= 0.3 is 7.12 Å². The Morgan fingerprint density at radius 2 is 2.30 bits per heavy atom. The van der Waals surface area contributed by atoms with Gasteiger partial charge in [0.1, 0.15) is 17.4 Å². The number of aryl methyl sites for hydroxylation is 1. The van der Waals surface area contributed by atoms with Crippen LogP contribution in [0.25, 0.3) is 0 Å². The fourth-order valence-electron chi connectivity index (χ4n) is 3.01. The zero-order chi connectivity index (χ0) is 16.4. The van der Waals surface area contributed by atoms with Crippen molar-refractivity contribution in [1.82, 2.24) is 4.98 Å². The van der Waals surface area contributed by atoms with Crippen molar-refractivity contribution >= 4 is 18.7 Å². The SMILES string of the molecule is Cc1cccc2c1OB(O)[C@@H](CC(=O)Cc1ccnc(N)c1)C2. The molecular weight excluding hydrogens is 291 g/mol. The van der Waals surface area contributed by atoms with Crippen LogP contribution in [0.3, 0.4) is 0 Å². The van der Waals surface area contributed by atoms with Crippen molar-refractivity contribution < 1.29 is 14.5 Å². The minimum absolute atomic E-state index is 0.0550. The van der Waals surface area contributed by atoms with E-state index in [0.717, 1.165) is 22.4 Å². The third kappa shape index (κ3) is 3.53. The molecule has 0 amide bonds. The van der Waals surface area contributed by atoms with Crippen LogP contribution in [0.15, 0.2) is 36.5 Å². The molecule has 0 spiro atoms. The summed E-state index contributed by atoms with van der Waals surface area (Å²) in [7, 11) is -0.949. The van der Waals surface area contributed by atoms with E-state index in [0.29, 0.717) is 12.2 Å². The number of para-hydroxylation sites is 1. The predicted molar refractivity (Wildman–Crippen MR) is 89.2 cm³/mol. The molecule has 1 aliphatic rings. The maximum atomic E-state index is 12.3. The molecule has 5 nitrogen and oxygen atoms in total. The lowest BCUT2D eigenvalue weighted by Crippen LogP contribution is -2.35. The maximum absolute atomic E-state index is 12.3. The molecule has 1 aromatic carbocycles. The molecule has 2 aromatic rings. The molecule has 0 radical (unpaired) electrons. The van der Waals surface area contributed by atoms with Crippen molar-refractivity contribution in [3.05, 3.63) is 53.2 Å². The first-order valence-electron chi connectivity index (χ1n) is 7.68. The molecule has 2 heterocycles. The van der Waals surface area contributed by atoms with E-state index in [4.69, 9.17) is 10.4 Å². The standard InChI is InChI=1S/C17H19BN2O3/c1-11-3-2-4-13-9-14(18(22)23-17(11)13)10-15(21)7-12-5-6-20-16(19)8-12/h2-6,8,14,22H,7,9-10H2,1H3,(H2,19,20)/t14-/m1/s1. The Hall–Kier alpha value is -2.34. The molecule has 0 aliphatic carbocycles. The van der Waals surface area contributed by atoms with Crippen LogP contribution in [0.4, 0.5) is 5.82 Å². The van der Waals surface area contributed by atoms with Crippen LogP contribution < -0.4 is 10.4 Å². The van der Waals surface area contributed by atoms with E-state index in [1.165, 1.54) is 0 Å². The molecule has 1 aromatic heterocycles. The Balaban J connectivity index is 1.67. The number of rotatable bonds is 4. The van der Waals surface area contributed by atoms with Crippen LogP contribution in [0.1, 0.15) is 23.1 Å². The number of Topliss-reactive ketones (excluding diaryl/α,β-unsaturated/α-hetero) is 1. The highest BCUT2D eigenvalue weighted by atomic mass is 16.5. The van der Waals surface area contributed by atoms with Crippen LogP contribution in [0.5, 0.6) is 5.75 Å². The number of nitrogens with two attached hydrogens (primary N) is 1. The van der Waals surface area contributed by atoms with Crippen molar-refractivity contribution in [2.75, 3.05) is 5.73 Å². The lowest BCUT2D eigenvalue weighted by molar-refractivity contribution is -0.118. The number of ketones is 1. The molecule has 3 N–H and O–H groups in total. The number of hydrogen-bond acceptors (Lipinski definition) is 5. The summed E-state index contributed by atoms with van der Waals surface area (Å²) in [6, 6.07) is 9.37. The van der Waals surface area contributed by atoms with Crippen molar-refractivity contribution in [1.29, 1.82) is 0 Å². The molecule has 0 saturated heterocycles. The summed E-state index contributed by atoms with van der Waals surface area (Å²) in [4.78, 5) is 16.2. The van der Waals surface area contributed by atoms with Crippen LogP contribution in [-0.4, -0.2) is 22.9 Å². The van der Waals surface area contributed by atoms with Crippen molar-refractivity contribution in [2.24, 2.45) is 0 Å². The first-order valence-corrected chi connectivity index (χ1v) is 7.68. The Bertz CT molecular complexity index is 736. The first-order chi connectivity index (χ1) is 11.0.